The largest absolute Gasteiger partial charge is 0.310 e. The number of hydrogen-bond donors (Lipinski definition) is 0. The number of rotatable bonds is 10. The Labute approximate surface area is 417 Å². The maximum absolute atomic E-state index is 10.5. The summed E-state index contributed by atoms with van der Waals surface area (Å²) in [7, 11) is 0. The highest BCUT2D eigenvalue weighted by atomic mass is 15.1. The average molecular weight is 915 g/mol. The minimum Gasteiger partial charge on any atom is -0.310 e. The molecule has 0 bridgehead atoms. The van der Waals surface area contributed by atoms with Crippen molar-refractivity contribution in [2.24, 2.45) is 0 Å². The van der Waals surface area contributed by atoms with Crippen LogP contribution >= 0.6 is 0 Å². The third kappa shape index (κ3) is 7.23. The molecule has 72 heavy (non-hydrogen) atoms. The molecule has 4 heteroatoms. The standard InChI is InChI=1S/C68H42N4/c69-43-55(47-25-33-59(34-26-47)71(57-13-3-1-4-14-57)63-39-31-53-23-21-49-9-7-11-51-29-37-61(63)67(53)65(49)51)41-45-17-19-46(20-18-45)42-56(44-70)48-27-35-60(36-28-48)72(58-15-5-2-6-16-58)64-40-32-54-24-22-50-10-8-12-52-30-38-62(64)68(54)66(50)52/h1-42H. The molecule has 13 rings (SSSR count). The van der Waals surface area contributed by atoms with Crippen LogP contribution < -0.4 is 9.80 Å². The third-order valence-corrected chi connectivity index (χ3v) is 14.2. The van der Waals surface area contributed by atoms with Gasteiger partial charge in [-0.3, -0.25) is 0 Å². The van der Waals surface area contributed by atoms with E-state index in [0.717, 1.165) is 56.4 Å². The van der Waals surface area contributed by atoms with Crippen LogP contribution in [-0.2, 0) is 0 Å². The molecule has 0 aliphatic carbocycles. The van der Waals surface area contributed by atoms with E-state index in [1.54, 1.807) is 0 Å². The Bertz CT molecular complexity index is 4000. The number of nitriles is 2. The number of benzene rings is 13. The quantitative estimate of drug-likeness (QED) is 0.0779. The molecule has 0 aliphatic rings. The summed E-state index contributed by atoms with van der Waals surface area (Å²) < 4.78 is 0. The Balaban J connectivity index is 0.781. The summed E-state index contributed by atoms with van der Waals surface area (Å²) in [5.41, 5.74) is 10.8. The van der Waals surface area contributed by atoms with E-state index in [-0.39, 0.29) is 0 Å². The van der Waals surface area contributed by atoms with Crippen molar-refractivity contribution in [3.8, 4) is 12.1 Å². The van der Waals surface area contributed by atoms with E-state index in [9.17, 15) is 10.5 Å². The monoisotopic (exact) mass is 914 g/mol. The molecule has 0 atom stereocenters. The molecule has 0 unspecified atom stereocenters. The van der Waals surface area contributed by atoms with E-state index in [1.165, 1.54) is 64.6 Å². The van der Waals surface area contributed by atoms with Crippen molar-refractivity contribution in [2.75, 3.05) is 9.80 Å². The van der Waals surface area contributed by atoms with E-state index >= 15 is 0 Å². The summed E-state index contributed by atoms with van der Waals surface area (Å²) in [6.45, 7) is 0. The molecule has 13 aromatic rings. The first-order valence-corrected chi connectivity index (χ1v) is 24.2. The second-order valence-electron chi connectivity index (χ2n) is 18.3. The molecule has 0 spiro atoms. The van der Waals surface area contributed by atoms with Gasteiger partial charge in [-0.05, 0) is 149 Å². The van der Waals surface area contributed by atoms with Crippen LogP contribution in [0.25, 0.3) is 87.9 Å². The number of nitrogens with zero attached hydrogens (tertiary/aromatic N) is 4. The van der Waals surface area contributed by atoms with Gasteiger partial charge in [-0.2, -0.15) is 10.5 Å². The summed E-state index contributed by atoms with van der Waals surface area (Å²) >= 11 is 0. The lowest BCUT2D eigenvalue weighted by atomic mass is 9.93. The summed E-state index contributed by atoms with van der Waals surface area (Å²) in [5.74, 6) is 0. The molecule has 0 N–H and O–H groups in total. The predicted molar refractivity (Wildman–Crippen MR) is 303 cm³/mol. The fourth-order valence-electron chi connectivity index (χ4n) is 10.8. The molecule has 0 aliphatic heterocycles. The third-order valence-electron chi connectivity index (χ3n) is 14.2. The molecule has 0 amide bonds. The Hall–Kier alpha value is -10.0. The lowest BCUT2D eigenvalue weighted by Gasteiger charge is -2.28. The molecule has 0 fully saturated rings. The SMILES string of the molecule is N#CC(=Cc1ccc(C=C(C#N)c2ccc(N(c3ccccc3)c3ccc4ccc5cccc6ccc3c4c56)cc2)cc1)c1ccc(N(c2ccccc2)c2ccc3ccc4cccc5ccc2c3c45)cc1. The van der Waals surface area contributed by atoms with Crippen LogP contribution in [0.15, 0.2) is 243 Å². The van der Waals surface area contributed by atoms with E-state index in [2.05, 4.69) is 204 Å². The lowest BCUT2D eigenvalue weighted by Crippen LogP contribution is -2.10. The number of anilines is 6. The molecular weight excluding hydrogens is 873 g/mol. The summed E-state index contributed by atoms with van der Waals surface area (Å²) in [6, 6.07) is 90.0. The van der Waals surface area contributed by atoms with Gasteiger partial charge in [0.2, 0.25) is 0 Å². The van der Waals surface area contributed by atoms with Crippen LogP contribution in [0.3, 0.4) is 0 Å². The van der Waals surface area contributed by atoms with Gasteiger partial charge in [0.25, 0.3) is 0 Å². The van der Waals surface area contributed by atoms with E-state index < -0.39 is 0 Å². The van der Waals surface area contributed by atoms with Crippen LogP contribution in [0.5, 0.6) is 0 Å². The fraction of sp³-hybridized carbons (Fsp3) is 0. The van der Waals surface area contributed by atoms with Gasteiger partial charge in [0.05, 0.1) is 34.7 Å². The van der Waals surface area contributed by atoms with Crippen LogP contribution in [0.4, 0.5) is 34.1 Å². The Morgan fingerprint density at radius 2 is 0.611 bits per heavy atom. The average Bonchev–Trinajstić information content (AvgIpc) is 3.44. The van der Waals surface area contributed by atoms with Crippen molar-refractivity contribution in [3.63, 3.8) is 0 Å². The number of allylic oxidation sites excluding steroid dienone is 2. The zero-order chi connectivity index (χ0) is 48.1. The molecule has 13 aromatic carbocycles. The van der Waals surface area contributed by atoms with Crippen molar-refractivity contribution in [3.05, 3.63) is 265 Å². The zero-order valence-corrected chi connectivity index (χ0v) is 39.0. The molecule has 334 valence electrons. The van der Waals surface area contributed by atoms with Crippen LogP contribution in [0, 0.1) is 22.7 Å². The highest BCUT2D eigenvalue weighted by Gasteiger charge is 2.21. The summed E-state index contributed by atoms with van der Waals surface area (Å²) in [6.07, 6.45) is 3.84. The maximum Gasteiger partial charge on any atom is 0.0998 e. The molecule has 0 aromatic heterocycles. The van der Waals surface area contributed by atoms with Gasteiger partial charge in [0.1, 0.15) is 0 Å². The smallest absolute Gasteiger partial charge is 0.0998 e. The first kappa shape index (κ1) is 42.1. The molecule has 4 nitrogen and oxygen atoms in total. The van der Waals surface area contributed by atoms with Crippen LogP contribution in [-0.4, -0.2) is 0 Å². The van der Waals surface area contributed by atoms with Crippen LogP contribution in [0.2, 0.25) is 0 Å². The first-order chi connectivity index (χ1) is 35.6. The van der Waals surface area contributed by atoms with Gasteiger partial charge in [-0.25, -0.2) is 0 Å². The lowest BCUT2D eigenvalue weighted by molar-refractivity contribution is 1.30. The van der Waals surface area contributed by atoms with Gasteiger partial charge in [0.15, 0.2) is 0 Å². The molecular formula is C68H42N4. The number of para-hydroxylation sites is 2. The van der Waals surface area contributed by atoms with Crippen molar-refractivity contribution >= 4 is 122 Å². The van der Waals surface area contributed by atoms with E-state index in [0.29, 0.717) is 11.1 Å². The van der Waals surface area contributed by atoms with Crippen molar-refractivity contribution in [1.82, 2.24) is 0 Å². The van der Waals surface area contributed by atoms with Gasteiger partial charge < -0.3 is 9.80 Å². The zero-order valence-electron chi connectivity index (χ0n) is 39.0. The summed E-state index contributed by atoms with van der Waals surface area (Å²) in [4.78, 5) is 4.60. The fourth-order valence-corrected chi connectivity index (χ4v) is 10.8. The molecule has 0 saturated heterocycles. The normalized spacial score (nSPS) is 12.0. The topological polar surface area (TPSA) is 54.1 Å². The van der Waals surface area contributed by atoms with Gasteiger partial charge in [0, 0.05) is 33.5 Å². The van der Waals surface area contributed by atoms with Crippen molar-refractivity contribution in [2.45, 2.75) is 0 Å². The Morgan fingerprint density at radius 3 is 0.972 bits per heavy atom. The van der Waals surface area contributed by atoms with Crippen LogP contribution in [0.1, 0.15) is 22.3 Å². The minimum atomic E-state index is 0.559. The summed E-state index contributed by atoms with van der Waals surface area (Å²) in [5, 5.41) is 35.8. The van der Waals surface area contributed by atoms with Gasteiger partial charge in [-0.15, -0.1) is 0 Å². The van der Waals surface area contributed by atoms with Gasteiger partial charge >= 0.3 is 0 Å². The molecule has 0 radical (unpaired) electrons. The first-order valence-electron chi connectivity index (χ1n) is 24.2. The molecule has 0 saturated carbocycles. The highest BCUT2D eigenvalue weighted by molar-refractivity contribution is 6.27. The molecule has 0 heterocycles. The second-order valence-corrected chi connectivity index (χ2v) is 18.3. The Morgan fingerprint density at radius 1 is 0.292 bits per heavy atom. The minimum absolute atomic E-state index is 0.559. The van der Waals surface area contributed by atoms with E-state index in [4.69, 9.17) is 0 Å². The van der Waals surface area contributed by atoms with Gasteiger partial charge in [-0.1, -0.05) is 182 Å². The Kier molecular flexibility index (Phi) is 10.2. The number of hydrogen-bond acceptors (Lipinski definition) is 4. The second kappa shape index (κ2) is 17.5. The van der Waals surface area contributed by atoms with Crippen molar-refractivity contribution in [1.29, 1.82) is 10.5 Å². The predicted octanol–water partition coefficient (Wildman–Crippen LogP) is 18.5. The maximum atomic E-state index is 10.5. The highest BCUT2D eigenvalue weighted by Crippen LogP contribution is 2.46. The van der Waals surface area contributed by atoms with E-state index in [1.807, 2.05) is 72.8 Å². The van der Waals surface area contributed by atoms with Crippen molar-refractivity contribution < 1.29 is 0 Å².